The number of carbonyl (C=O) groups is 1. The van der Waals surface area contributed by atoms with Crippen LogP contribution >= 0.6 is 0 Å². The van der Waals surface area contributed by atoms with E-state index in [0.29, 0.717) is 6.42 Å². The third-order valence-electron chi connectivity index (χ3n) is 10.6. The molecule has 1 saturated heterocycles. The maximum Gasteiger partial charge on any atom is 0.220 e. The highest BCUT2D eigenvalue weighted by molar-refractivity contribution is 5.76. The van der Waals surface area contributed by atoms with E-state index in [1.54, 1.807) is 12.2 Å². The number of aliphatic hydroxyl groups is 5. The lowest BCUT2D eigenvalue weighted by Crippen LogP contribution is -2.60. The van der Waals surface area contributed by atoms with Gasteiger partial charge in [-0.25, -0.2) is 0 Å². The predicted molar refractivity (Wildman–Crippen MR) is 217 cm³/mol. The Labute approximate surface area is 324 Å². The summed E-state index contributed by atoms with van der Waals surface area (Å²) in [5, 5.41) is 53.9. The van der Waals surface area contributed by atoms with Crippen LogP contribution in [0.2, 0.25) is 0 Å². The molecule has 312 valence electrons. The first kappa shape index (κ1) is 49.7. The van der Waals surface area contributed by atoms with Gasteiger partial charge >= 0.3 is 0 Å². The molecule has 7 atom stereocenters. The van der Waals surface area contributed by atoms with Gasteiger partial charge in [-0.3, -0.25) is 4.79 Å². The number of carbonyl (C=O) groups excluding carboxylic acids is 1. The van der Waals surface area contributed by atoms with Gasteiger partial charge in [-0.15, -0.1) is 0 Å². The van der Waals surface area contributed by atoms with Crippen LogP contribution in [-0.4, -0.2) is 87.5 Å². The molecule has 0 spiro atoms. The fourth-order valence-electron chi connectivity index (χ4n) is 6.98. The fourth-order valence-corrected chi connectivity index (χ4v) is 6.98. The highest BCUT2D eigenvalue weighted by Gasteiger charge is 2.44. The lowest BCUT2D eigenvalue weighted by molar-refractivity contribution is -0.302. The molecule has 1 aliphatic rings. The second-order valence-corrected chi connectivity index (χ2v) is 15.5. The second-order valence-electron chi connectivity index (χ2n) is 15.5. The van der Waals surface area contributed by atoms with Crippen LogP contribution in [0.3, 0.4) is 0 Å². The number of hydrogen-bond acceptors (Lipinski definition) is 8. The molecule has 0 bridgehead atoms. The zero-order valence-corrected chi connectivity index (χ0v) is 34.0. The van der Waals surface area contributed by atoms with Gasteiger partial charge in [0.2, 0.25) is 5.91 Å². The van der Waals surface area contributed by atoms with Crippen molar-refractivity contribution in [2.75, 3.05) is 13.2 Å². The molecule has 0 aromatic rings. The molecule has 0 saturated carbocycles. The molecule has 0 aromatic heterocycles. The molecule has 1 rings (SSSR count). The molecule has 1 amide bonds. The van der Waals surface area contributed by atoms with Crippen molar-refractivity contribution in [3.05, 3.63) is 24.3 Å². The Kier molecular flexibility index (Phi) is 32.9. The van der Waals surface area contributed by atoms with E-state index in [-0.39, 0.29) is 12.5 Å². The van der Waals surface area contributed by atoms with E-state index in [4.69, 9.17) is 9.47 Å². The lowest BCUT2D eigenvalue weighted by Gasteiger charge is -2.40. The van der Waals surface area contributed by atoms with Crippen LogP contribution < -0.4 is 5.32 Å². The predicted octanol–water partition coefficient (Wildman–Crippen LogP) is 8.72. The van der Waals surface area contributed by atoms with E-state index in [1.165, 1.54) is 141 Å². The molecule has 53 heavy (non-hydrogen) atoms. The molecule has 2 unspecified atom stereocenters. The van der Waals surface area contributed by atoms with E-state index in [1.807, 2.05) is 6.08 Å². The Hall–Kier alpha value is -1.33. The third-order valence-corrected chi connectivity index (χ3v) is 10.6. The Balaban J connectivity index is 2.28. The maximum absolute atomic E-state index is 12.9. The van der Waals surface area contributed by atoms with Gasteiger partial charge in [0.15, 0.2) is 6.29 Å². The van der Waals surface area contributed by atoms with Crippen molar-refractivity contribution in [2.24, 2.45) is 0 Å². The summed E-state index contributed by atoms with van der Waals surface area (Å²) in [5.74, 6) is -0.194. The molecule has 9 nitrogen and oxygen atoms in total. The fraction of sp³-hybridized carbons (Fsp3) is 0.886. The quantitative estimate of drug-likeness (QED) is 0.0275. The van der Waals surface area contributed by atoms with Gasteiger partial charge in [0.1, 0.15) is 24.4 Å². The number of unbranched alkanes of at least 4 members (excludes halogenated alkanes) is 25. The summed E-state index contributed by atoms with van der Waals surface area (Å²) < 4.78 is 11.1. The smallest absolute Gasteiger partial charge is 0.220 e. The van der Waals surface area contributed by atoms with Crippen LogP contribution in [0.1, 0.15) is 194 Å². The van der Waals surface area contributed by atoms with Crippen LogP contribution in [-0.2, 0) is 14.3 Å². The van der Waals surface area contributed by atoms with Gasteiger partial charge in [-0.2, -0.15) is 0 Å². The molecule has 1 heterocycles. The average Bonchev–Trinajstić information content (AvgIpc) is 3.16. The summed E-state index contributed by atoms with van der Waals surface area (Å²) in [4.78, 5) is 12.9. The summed E-state index contributed by atoms with van der Waals surface area (Å²) in [5.41, 5.74) is 0. The summed E-state index contributed by atoms with van der Waals surface area (Å²) in [6, 6.07) is -0.830. The standard InChI is InChI=1S/C44H83NO8/c1-3-5-7-9-11-13-14-15-16-17-18-19-20-21-22-23-24-26-28-30-32-34-40(48)45-37(38(47)33-31-29-27-25-12-10-8-6-4-2)36-52-44-43(51)42(50)41(49)39(35-46)53-44/h27,29,31,33,37-39,41-44,46-47,49-51H,3-26,28,30,32,34-36H2,1-2H3,(H,45,48)/b29-27+,33-31+/t37-,38+,39+,41+,42?,43?,44+/m0/s1. The monoisotopic (exact) mass is 754 g/mol. The molecule has 6 N–H and O–H groups in total. The van der Waals surface area contributed by atoms with E-state index < -0.39 is 49.5 Å². The van der Waals surface area contributed by atoms with Gasteiger partial charge in [-0.05, 0) is 19.3 Å². The molecule has 0 radical (unpaired) electrons. The summed E-state index contributed by atoms with van der Waals surface area (Å²) in [7, 11) is 0. The number of allylic oxidation sites excluding steroid dienone is 3. The van der Waals surface area contributed by atoms with Gasteiger partial charge in [0, 0.05) is 6.42 Å². The summed E-state index contributed by atoms with van der Waals surface area (Å²) in [6.45, 7) is 3.70. The number of hydrogen-bond donors (Lipinski definition) is 6. The number of rotatable bonds is 36. The minimum absolute atomic E-state index is 0.194. The zero-order chi connectivity index (χ0) is 38.8. The Morgan fingerprint density at radius 1 is 0.642 bits per heavy atom. The number of nitrogens with one attached hydrogen (secondary N) is 1. The summed E-state index contributed by atoms with van der Waals surface area (Å²) >= 11 is 0. The minimum Gasteiger partial charge on any atom is -0.394 e. The van der Waals surface area contributed by atoms with Crippen LogP contribution in [0, 0.1) is 0 Å². The SMILES string of the molecule is CCCCCCC/C=C/C=C/[C@@H](O)[C@H](CO[C@@H]1O[C@H](CO)[C@@H](O)C(O)C1O)NC(=O)CCCCCCCCCCCCCCCCCCCCCCC. The van der Waals surface area contributed by atoms with E-state index >= 15 is 0 Å². The van der Waals surface area contributed by atoms with Crippen molar-refractivity contribution in [3.63, 3.8) is 0 Å². The molecule has 0 aromatic carbocycles. The van der Waals surface area contributed by atoms with Gasteiger partial charge in [0.25, 0.3) is 0 Å². The molecule has 0 aliphatic carbocycles. The normalized spacial score (nSPS) is 21.8. The highest BCUT2D eigenvalue weighted by Crippen LogP contribution is 2.22. The van der Waals surface area contributed by atoms with Crippen LogP contribution in [0.5, 0.6) is 0 Å². The number of ether oxygens (including phenoxy) is 2. The number of amides is 1. The average molecular weight is 754 g/mol. The van der Waals surface area contributed by atoms with E-state index in [2.05, 4.69) is 25.2 Å². The lowest BCUT2D eigenvalue weighted by atomic mass is 9.99. The number of aliphatic hydroxyl groups excluding tert-OH is 5. The van der Waals surface area contributed by atoms with Crippen molar-refractivity contribution in [1.82, 2.24) is 5.32 Å². The minimum atomic E-state index is -1.57. The van der Waals surface area contributed by atoms with Gasteiger partial charge in [0.05, 0.1) is 25.4 Å². The van der Waals surface area contributed by atoms with Crippen LogP contribution in [0.15, 0.2) is 24.3 Å². The molecule has 1 aliphatic heterocycles. The topological polar surface area (TPSA) is 149 Å². The van der Waals surface area contributed by atoms with E-state index in [9.17, 15) is 30.3 Å². The molecular weight excluding hydrogens is 670 g/mol. The zero-order valence-electron chi connectivity index (χ0n) is 34.0. The van der Waals surface area contributed by atoms with Crippen LogP contribution in [0.25, 0.3) is 0 Å². The highest BCUT2D eigenvalue weighted by atomic mass is 16.7. The second kappa shape index (κ2) is 35.1. The molecule has 9 heteroatoms. The van der Waals surface area contributed by atoms with Crippen molar-refractivity contribution >= 4 is 5.91 Å². The van der Waals surface area contributed by atoms with Crippen molar-refractivity contribution in [3.8, 4) is 0 Å². The Bertz CT molecular complexity index is 883. The first-order chi connectivity index (χ1) is 25.8. The Morgan fingerprint density at radius 3 is 1.57 bits per heavy atom. The molecule has 1 fully saturated rings. The largest absolute Gasteiger partial charge is 0.394 e. The van der Waals surface area contributed by atoms with E-state index in [0.717, 1.165) is 32.1 Å². The first-order valence-electron chi connectivity index (χ1n) is 22.1. The first-order valence-corrected chi connectivity index (χ1v) is 22.1. The Morgan fingerprint density at radius 2 is 1.09 bits per heavy atom. The maximum atomic E-state index is 12.9. The molecular formula is C44H83NO8. The van der Waals surface area contributed by atoms with Crippen molar-refractivity contribution < 1.29 is 39.8 Å². The van der Waals surface area contributed by atoms with Crippen molar-refractivity contribution in [2.45, 2.75) is 236 Å². The van der Waals surface area contributed by atoms with Crippen molar-refractivity contribution in [1.29, 1.82) is 0 Å². The summed E-state index contributed by atoms with van der Waals surface area (Å²) in [6.07, 6.45) is 33.9. The van der Waals surface area contributed by atoms with Crippen LogP contribution in [0.4, 0.5) is 0 Å². The van der Waals surface area contributed by atoms with Gasteiger partial charge < -0.3 is 40.3 Å². The third kappa shape index (κ3) is 26.2. The van der Waals surface area contributed by atoms with Gasteiger partial charge in [-0.1, -0.05) is 192 Å².